The number of esters is 1. The van der Waals surface area contributed by atoms with Crippen LogP contribution in [0.25, 0.3) is 11.3 Å². The highest BCUT2D eigenvalue weighted by Gasteiger charge is 2.20. The molecule has 3 aromatic rings. The minimum Gasteiger partial charge on any atom is -0.458 e. The van der Waals surface area contributed by atoms with E-state index in [1.165, 1.54) is 0 Å². The first-order valence-corrected chi connectivity index (χ1v) is 8.23. The summed E-state index contributed by atoms with van der Waals surface area (Å²) in [5, 5.41) is 3.91. The predicted octanol–water partition coefficient (Wildman–Crippen LogP) is 5.26. The maximum Gasteiger partial charge on any atom is 0.311 e. The molecular weight excluding hydrogens is 382 g/mol. The van der Waals surface area contributed by atoms with Crippen LogP contribution in [0.5, 0.6) is 0 Å². The van der Waals surface area contributed by atoms with E-state index in [0.717, 1.165) is 11.4 Å². The standard InChI is InChI=1S/C20H18BrNO3/c1-13-18(20(25-22-13)16-8-10-17(21)11-9-16)12-19(23)24-14(2)15-6-4-3-5-7-15/h3-11,14H,12H2,1-2H3/i3D,4D,5D,6D,7D,14D. The Morgan fingerprint density at radius 1 is 1.32 bits per heavy atom. The van der Waals surface area contributed by atoms with Crippen LogP contribution in [0.15, 0.2) is 63.5 Å². The van der Waals surface area contributed by atoms with Gasteiger partial charge in [-0.05, 0) is 31.5 Å². The van der Waals surface area contributed by atoms with Crippen LogP contribution in [0.4, 0.5) is 0 Å². The molecule has 0 saturated heterocycles. The van der Waals surface area contributed by atoms with E-state index in [2.05, 4.69) is 21.1 Å². The van der Waals surface area contributed by atoms with Gasteiger partial charge in [-0.3, -0.25) is 4.79 Å². The minimum atomic E-state index is -2.20. The summed E-state index contributed by atoms with van der Waals surface area (Å²) in [6, 6.07) is 4.25. The second-order valence-corrected chi connectivity index (χ2v) is 6.21. The highest BCUT2D eigenvalue weighted by Crippen LogP contribution is 2.28. The Kier molecular flexibility index (Phi) is 3.45. The zero-order chi connectivity index (χ0) is 23.1. The Hall–Kier alpha value is -2.40. The number of halogens is 1. The van der Waals surface area contributed by atoms with Crippen molar-refractivity contribution in [2.75, 3.05) is 0 Å². The lowest BCUT2D eigenvalue weighted by atomic mass is 10.0. The first-order valence-electron chi connectivity index (χ1n) is 10.4. The third-order valence-corrected chi connectivity index (χ3v) is 4.06. The minimum absolute atomic E-state index is 0.270. The van der Waals surface area contributed by atoms with Crippen molar-refractivity contribution < 1.29 is 22.3 Å². The summed E-state index contributed by atoms with van der Waals surface area (Å²) in [5.74, 6) is -0.439. The zero-order valence-electron chi connectivity index (χ0n) is 19.6. The Bertz CT molecular complexity index is 1130. The molecule has 0 N–H and O–H groups in total. The Balaban J connectivity index is 1.90. The molecule has 0 fully saturated rings. The van der Waals surface area contributed by atoms with Gasteiger partial charge in [-0.1, -0.05) is 63.4 Å². The lowest BCUT2D eigenvalue weighted by Crippen LogP contribution is -2.12. The fourth-order valence-corrected chi connectivity index (χ4v) is 2.52. The number of aryl methyl sites for hydroxylation is 1. The fourth-order valence-electron chi connectivity index (χ4n) is 2.25. The van der Waals surface area contributed by atoms with Gasteiger partial charge in [-0.2, -0.15) is 0 Å². The molecule has 25 heavy (non-hydrogen) atoms. The molecule has 3 rings (SSSR count). The van der Waals surface area contributed by atoms with Gasteiger partial charge in [0.05, 0.1) is 20.3 Å². The number of ether oxygens (including phenoxy) is 1. The summed E-state index contributed by atoms with van der Waals surface area (Å²) in [7, 11) is 0. The van der Waals surface area contributed by atoms with Gasteiger partial charge in [0.1, 0.15) is 6.08 Å². The molecule has 1 atom stereocenters. The van der Waals surface area contributed by atoms with E-state index in [1.807, 2.05) is 12.1 Å². The number of hydrogen-bond acceptors (Lipinski definition) is 4. The molecule has 2 aromatic carbocycles. The number of benzene rings is 2. The largest absolute Gasteiger partial charge is 0.458 e. The van der Waals surface area contributed by atoms with Crippen LogP contribution in [0.3, 0.4) is 0 Å². The molecule has 4 nitrogen and oxygen atoms in total. The van der Waals surface area contributed by atoms with E-state index < -0.39 is 47.8 Å². The molecular formula is C20H18BrNO3. The Morgan fingerprint density at radius 2 is 2.00 bits per heavy atom. The van der Waals surface area contributed by atoms with Gasteiger partial charge in [0, 0.05) is 15.6 Å². The first kappa shape index (κ1) is 11.3. The highest BCUT2D eigenvalue weighted by molar-refractivity contribution is 9.10. The summed E-state index contributed by atoms with van der Waals surface area (Å²) in [5.41, 5.74) is 1.24. The number of rotatable bonds is 5. The first-order chi connectivity index (χ1) is 14.4. The average molecular weight is 406 g/mol. The molecule has 128 valence electrons. The van der Waals surface area contributed by atoms with Crippen LogP contribution in [0.2, 0.25) is 0 Å². The van der Waals surface area contributed by atoms with Crippen molar-refractivity contribution in [3.8, 4) is 11.3 Å². The van der Waals surface area contributed by atoms with Gasteiger partial charge in [0.25, 0.3) is 0 Å². The van der Waals surface area contributed by atoms with Crippen LogP contribution < -0.4 is 0 Å². The topological polar surface area (TPSA) is 52.3 Å². The molecule has 1 heterocycles. The van der Waals surface area contributed by atoms with Crippen molar-refractivity contribution in [1.82, 2.24) is 5.16 Å². The van der Waals surface area contributed by atoms with Crippen LogP contribution in [-0.4, -0.2) is 11.1 Å². The van der Waals surface area contributed by atoms with Crippen molar-refractivity contribution in [1.29, 1.82) is 0 Å². The monoisotopic (exact) mass is 405 g/mol. The van der Waals surface area contributed by atoms with Gasteiger partial charge < -0.3 is 9.26 Å². The van der Waals surface area contributed by atoms with Crippen molar-refractivity contribution >= 4 is 21.9 Å². The number of carbonyl (C=O) groups is 1. The van der Waals surface area contributed by atoms with Gasteiger partial charge in [-0.15, -0.1) is 0 Å². The fraction of sp³-hybridized carbons (Fsp3) is 0.200. The van der Waals surface area contributed by atoms with Crippen LogP contribution in [-0.2, 0) is 16.0 Å². The molecule has 5 heteroatoms. The maximum atomic E-state index is 12.7. The maximum absolute atomic E-state index is 12.7. The number of carbonyl (C=O) groups excluding carboxylic acids is 1. The third-order valence-electron chi connectivity index (χ3n) is 3.53. The average Bonchev–Trinajstić information content (AvgIpc) is 3.05. The summed E-state index contributed by atoms with van der Waals surface area (Å²) >= 11 is 3.35. The normalized spacial score (nSPS) is 16.6. The van der Waals surface area contributed by atoms with Crippen LogP contribution >= 0.6 is 15.9 Å². The zero-order valence-corrected chi connectivity index (χ0v) is 15.2. The molecule has 0 aliphatic heterocycles. The smallest absolute Gasteiger partial charge is 0.311 e. The lowest BCUT2D eigenvalue weighted by molar-refractivity contribution is -0.147. The number of aromatic nitrogens is 1. The van der Waals surface area contributed by atoms with Gasteiger partial charge in [0.15, 0.2) is 5.76 Å². The highest BCUT2D eigenvalue weighted by atomic mass is 79.9. The molecule has 1 unspecified atom stereocenters. The summed E-state index contributed by atoms with van der Waals surface area (Å²) in [6.45, 7) is 2.83. The van der Waals surface area contributed by atoms with E-state index >= 15 is 0 Å². The third kappa shape index (κ3) is 4.17. The predicted molar refractivity (Wildman–Crippen MR) is 99.0 cm³/mol. The summed E-state index contributed by atoms with van der Waals surface area (Å²) < 4.78 is 59.1. The van der Waals surface area contributed by atoms with E-state index in [-0.39, 0.29) is 6.42 Å². The van der Waals surface area contributed by atoms with Gasteiger partial charge in [0.2, 0.25) is 0 Å². The summed E-state index contributed by atoms with van der Waals surface area (Å²) in [4.78, 5) is 12.7. The molecule has 0 radical (unpaired) electrons. The number of hydrogen-bond donors (Lipinski definition) is 0. The van der Waals surface area contributed by atoms with Crippen LogP contribution in [0, 0.1) is 6.92 Å². The molecule has 0 spiro atoms. The number of nitrogens with zero attached hydrogens (tertiary/aromatic N) is 1. The second-order valence-electron chi connectivity index (χ2n) is 5.29. The van der Waals surface area contributed by atoms with Gasteiger partial charge >= 0.3 is 5.97 Å². The van der Waals surface area contributed by atoms with E-state index in [4.69, 9.17) is 17.5 Å². The van der Waals surface area contributed by atoms with Gasteiger partial charge in [-0.25, -0.2) is 0 Å². The SMILES string of the molecule is [2H]c1c([2H])c([2H])c(C([2H])(C)OC(=O)Cc2c(C)noc2-c2ccc(Br)cc2)c([2H])c1[2H]. The van der Waals surface area contributed by atoms with E-state index in [9.17, 15) is 4.79 Å². The van der Waals surface area contributed by atoms with E-state index in [1.54, 1.807) is 19.1 Å². The molecule has 0 bridgehead atoms. The molecule has 0 saturated carbocycles. The molecule has 0 aliphatic carbocycles. The lowest BCUT2D eigenvalue weighted by Gasteiger charge is -2.13. The quantitative estimate of drug-likeness (QED) is 0.543. The Labute approximate surface area is 163 Å². The van der Waals surface area contributed by atoms with Crippen LogP contribution in [0.1, 0.15) is 38.0 Å². The van der Waals surface area contributed by atoms with E-state index in [0.29, 0.717) is 22.6 Å². The van der Waals surface area contributed by atoms with Crippen molar-refractivity contribution in [3.63, 3.8) is 0 Å². The van der Waals surface area contributed by atoms with Crippen molar-refractivity contribution in [2.45, 2.75) is 26.3 Å². The molecule has 1 aromatic heterocycles. The molecule has 0 amide bonds. The molecule has 0 aliphatic rings. The second kappa shape index (κ2) is 7.66. The summed E-state index contributed by atoms with van der Waals surface area (Å²) in [6.07, 6.45) is -2.47. The van der Waals surface area contributed by atoms with Crippen molar-refractivity contribution in [2.24, 2.45) is 0 Å². The van der Waals surface area contributed by atoms with Crippen molar-refractivity contribution in [3.05, 3.63) is 75.8 Å². The Morgan fingerprint density at radius 3 is 2.68 bits per heavy atom.